The molecule has 0 unspecified atom stereocenters. The van der Waals surface area contributed by atoms with Crippen LogP contribution in [0.25, 0.3) is 0 Å². The van der Waals surface area contributed by atoms with Gasteiger partial charge in [-0.2, -0.15) is 0 Å². The first-order valence-electron chi connectivity index (χ1n) is 45.7. The molecule has 0 bridgehead atoms. The molecule has 7 nitrogen and oxygen atoms in total. The summed E-state index contributed by atoms with van der Waals surface area (Å²) in [6.45, 7) is 55.8. The largest absolute Gasteiger partial charge is 0.354 e. The van der Waals surface area contributed by atoms with Crippen LogP contribution in [0.5, 0.6) is 0 Å². The van der Waals surface area contributed by atoms with E-state index < -0.39 is 0 Å². The first-order chi connectivity index (χ1) is 61.4. The molecule has 0 saturated carbocycles. The van der Waals surface area contributed by atoms with Gasteiger partial charge in [-0.25, -0.2) is 0 Å². The summed E-state index contributed by atoms with van der Waals surface area (Å²) in [5, 5.41) is 4.02. The molecule has 0 atom stereocenters. The monoisotopic (exact) mass is 1830 g/mol. The van der Waals surface area contributed by atoms with Gasteiger partial charge in [0.1, 0.15) is 0 Å². The van der Waals surface area contributed by atoms with Crippen LogP contribution >= 0.6 is 82.3 Å². The Morgan fingerprint density at radius 1 is 0.146 bits per heavy atom. The lowest BCUT2D eigenvalue weighted by Crippen LogP contribution is -2.20. The minimum Gasteiger partial charge on any atom is -0.354 e. The van der Waals surface area contributed by atoms with E-state index in [-0.39, 0.29) is 43.3 Å². The lowest BCUT2D eigenvalue weighted by atomic mass is 9.86. The van der Waals surface area contributed by atoms with Crippen LogP contribution in [0.4, 0.5) is 114 Å². The molecule has 0 spiro atoms. The van der Waals surface area contributed by atoms with Crippen molar-refractivity contribution in [3.05, 3.63) is 299 Å². The molecule has 7 aliphatic heterocycles. The maximum absolute atomic E-state index is 4.02. The fourth-order valence-corrected chi connectivity index (χ4v) is 26.6. The fraction of sp³-hybridized carbons (Fsp3) is 0.276. The summed E-state index contributed by atoms with van der Waals surface area (Å²) < 4.78 is 0. The number of benzene rings is 14. The van der Waals surface area contributed by atoms with Gasteiger partial charge in [0.15, 0.2) is 0 Å². The number of nitrogens with one attached hydrogen (secondary N) is 1. The van der Waals surface area contributed by atoms with Crippen molar-refractivity contribution in [3.8, 4) is 0 Å². The van der Waals surface area contributed by atoms with E-state index in [9.17, 15) is 0 Å². The van der Waals surface area contributed by atoms with Gasteiger partial charge in [-0.15, -0.1) is 0 Å². The van der Waals surface area contributed by atoms with Crippen molar-refractivity contribution >= 4 is 196 Å². The van der Waals surface area contributed by atoms with E-state index in [0.717, 1.165) is 78.0 Å². The van der Waals surface area contributed by atoms with Gasteiger partial charge >= 0.3 is 0 Å². The second kappa shape index (κ2) is 30.9. The normalized spacial score (nSPS) is 15.0. The van der Waals surface area contributed by atoms with Crippen LogP contribution in [-0.4, -0.2) is 0 Å². The molecule has 0 aromatic heterocycles. The Balaban J connectivity index is 0.702. The van der Waals surface area contributed by atoms with Gasteiger partial charge in [-0.1, -0.05) is 297 Å². The second-order valence-corrected chi connectivity index (χ2v) is 51.9. The maximum Gasteiger partial charge on any atom is 0.0603 e. The molecule has 21 rings (SSSR count). The summed E-state index contributed by atoms with van der Waals surface area (Å²) in [5.41, 5.74) is 33.4. The Hall–Kier alpha value is -9.87. The zero-order valence-corrected chi connectivity index (χ0v) is 85.0. The van der Waals surface area contributed by atoms with Crippen molar-refractivity contribution in [1.29, 1.82) is 0 Å². The van der Waals surface area contributed by atoms with Gasteiger partial charge in [0, 0.05) is 103 Å². The quantitative estimate of drug-likeness (QED) is 0.171. The Bertz CT molecular complexity index is 6040. The van der Waals surface area contributed by atoms with Crippen molar-refractivity contribution in [3.63, 3.8) is 0 Å². The van der Waals surface area contributed by atoms with E-state index >= 15 is 0 Å². The van der Waals surface area contributed by atoms with E-state index in [4.69, 9.17) is 0 Å². The molecule has 0 aliphatic carbocycles. The number of nitrogens with zero attached hydrogens (tertiary/aromatic N) is 6. The topological polar surface area (TPSA) is 31.5 Å². The lowest BCUT2D eigenvalue weighted by molar-refractivity contribution is 0.587. The van der Waals surface area contributed by atoms with E-state index in [1.807, 2.05) is 82.3 Å². The van der Waals surface area contributed by atoms with E-state index in [0.29, 0.717) is 0 Å². The Morgan fingerprint density at radius 3 is 0.423 bits per heavy atom. The van der Waals surface area contributed by atoms with Crippen LogP contribution < -0.4 is 34.7 Å². The molecular formula is C116H115N7S7. The predicted octanol–water partition coefficient (Wildman–Crippen LogP) is 37.9. The summed E-state index contributed by atoms with van der Waals surface area (Å²) >= 11 is 13.3. The molecule has 1 N–H and O–H groups in total. The molecule has 656 valence electrons. The Labute approximate surface area is 801 Å². The van der Waals surface area contributed by atoms with Crippen molar-refractivity contribution < 1.29 is 0 Å². The predicted molar refractivity (Wildman–Crippen MR) is 563 cm³/mol. The van der Waals surface area contributed by atoms with Gasteiger partial charge in [0.2, 0.25) is 0 Å². The highest BCUT2D eigenvalue weighted by atomic mass is 32.2. The van der Waals surface area contributed by atoms with Crippen LogP contribution in [-0.2, 0) is 43.3 Å². The SMILES string of the molecule is CC(C)(C)c1ccc2c(c1)Sc1cc(C(C)(C)C)ccc1N2c1ccc2c(c1)Sc1cc(N3c4ccc(C(C)(C)C)cc4Sc4cc(C(C)(C)C)ccc43)ccc1N2c1ccc2c(c1)Sc1cc(N3c4ccc(N5c6ccc(C(C)(C)C)cc6Sc6cc(C(C)(C)C)ccc65)cc4Sc4cc(N5c6ccc(C(C)(C)C)cc6Sc6cc(C(C)(C)C)ccc65)ccc43)ccc1N2. The Morgan fingerprint density at radius 2 is 0.269 bits per heavy atom. The maximum atomic E-state index is 4.02. The number of fused-ring (bicyclic) bond motifs is 14. The molecule has 14 aromatic rings. The summed E-state index contributed by atoms with van der Waals surface area (Å²) in [4.78, 5) is 32.4. The van der Waals surface area contributed by atoms with Crippen molar-refractivity contribution in [2.75, 3.05) is 34.7 Å². The van der Waals surface area contributed by atoms with Crippen molar-refractivity contribution in [1.82, 2.24) is 0 Å². The fourth-order valence-electron chi connectivity index (χ4n) is 18.7. The molecular weight excluding hydrogens is 1720 g/mol. The van der Waals surface area contributed by atoms with Gasteiger partial charge < -0.3 is 34.7 Å². The highest BCUT2D eigenvalue weighted by molar-refractivity contribution is 8.01. The molecule has 0 saturated heterocycles. The van der Waals surface area contributed by atoms with Gasteiger partial charge in [-0.3, -0.25) is 0 Å². The van der Waals surface area contributed by atoms with Gasteiger partial charge in [-0.05, 0) is 294 Å². The molecule has 130 heavy (non-hydrogen) atoms. The minimum absolute atomic E-state index is 0.0211. The van der Waals surface area contributed by atoms with E-state index in [1.165, 1.54) is 149 Å². The Kier molecular flexibility index (Phi) is 20.6. The third-order valence-electron chi connectivity index (χ3n) is 26.6. The van der Waals surface area contributed by atoms with Crippen molar-refractivity contribution in [2.45, 2.75) is 278 Å². The first kappa shape index (κ1) is 86.8. The van der Waals surface area contributed by atoms with Gasteiger partial charge in [0.25, 0.3) is 0 Å². The number of hydrogen-bond acceptors (Lipinski definition) is 14. The standard InChI is InChI=1S/C116H115N7S7/c1-109(2,3)67-25-41-83-97(53-67)125-98-54-68(110(4,5)6)26-42-84(98)120(83)77-35-49-91-105(63-77)129-106-64-78(121-85-43-27-69(111(7,8)9)55-99(85)126-100-56-70(112(10,11)12)28-44-86(100)121)36-50-92(106)118(91)75-33-39-81-95(61-75)124-96-62-76(34-40-82(96)117-81)119-93-51-37-79(122-87-45-29-71(113(13,14)15)57-101(87)127-102-58-72(114(16,17)18)30-46-88(102)122)65-107(93)130-108-66-80(38-52-94(108)119)123-89-47-31-73(115(19,20)21)59-103(89)128-104-60-74(116(22,23)24)32-48-90(104)123/h25-66,117H,1-24H3. The molecule has 7 aliphatic rings. The van der Waals surface area contributed by atoms with Crippen LogP contribution in [0, 0.1) is 0 Å². The highest BCUT2D eigenvalue weighted by Gasteiger charge is 2.40. The van der Waals surface area contributed by atoms with Crippen LogP contribution in [0.15, 0.2) is 323 Å². The summed E-state index contributed by atoms with van der Waals surface area (Å²) in [5.74, 6) is 0. The van der Waals surface area contributed by atoms with E-state index in [1.54, 1.807) is 0 Å². The van der Waals surface area contributed by atoms with Crippen LogP contribution in [0.2, 0.25) is 0 Å². The molecule has 0 radical (unpaired) electrons. The lowest BCUT2D eigenvalue weighted by Gasteiger charge is -2.38. The molecule has 14 aromatic carbocycles. The molecule has 0 amide bonds. The zero-order valence-electron chi connectivity index (χ0n) is 79.3. The number of rotatable bonds is 6. The van der Waals surface area contributed by atoms with Crippen LogP contribution in [0.1, 0.15) is 211 Å². The van der Waals surface area contributed by atoms with E-state index in [2.05, 4.69) is 456 Å². The summed E-state index contributed by atoms with van der Waals surface area (Å²) in [7, 11) is 0. The number of anilines is 20. The third-order valence-corrected chi connectivity index (χ3v) is 34.2. The molecule has 0 fully saturated rings. The zero-order chi connectivity index (χ0) is 91.1. The third kappa shape index (κ3) is 15.4. The second-order valence-electron chi connectivity index (χ2n) is 44.3. The molecule has 7 heterocycles. The smallest absolute Gasteiger partial charge is 0.0603 e. The molecule has 14 heteroatoms. The average Bonchev–Trinajstić information content (AvgIpc) is 0.684. The average molecular weight is 1830 g/mol. The van der Waals surface area contributed by atoms with Crippen LogP contribution in [0.3, 0.4) is 0 Å². The summed E-state index contributed by atoms with van der Waals surface area (Å²) in [6.07, 6.45) is 0. The summed E-state index contributed by atoms with van der Waals surface area (Å²) in [6, 6.07) is 100. The van der Waals surface area contributed by atoms with Crippen molar-refractivity contribution in [2.24, 2.45) is 0 Å². The number of hydrogen-bond donors (Lipinski definition) is 1. The highest BCUT2D eigenvalue weighted by Crippen LogP contribution is 2.65. The van der Waals surface area contributed by atoms with Gasteiger partial charge in [0.05, 0.1) is 79.6 Å². The first-order valence-corrected chi connectivity index (χ1v) is 51.4. The minimum atomic E-state index is -0.0211.